The van der Waals surface area contributed by atoms with Gasteiger partial charge in [0.15, 0.2) is 33.0 Å². The first kappa shape index (κ1) is 48.9. The maximum Gasteiger partial charge on any atom is 0.269 e. The normalized spacial score (nSPS) is 13.4. The van der Waals surface area contributed by atoms with Crippen molar-refractivity contribution in [2.45, 2.75) is 48.8 Å². The highest BCUT2D eigenvalue weighted by molar-refractivity contribution is 7.93. The Morgan fingerprint density at radius 1 is 0.609 bits per heavy atom. The van der Waals surface area contributed by atoms with Crippen molar-refractivity contribution in [3.63, 3.8) is 0 Å². The molecule has 0 aliphatic carbocycles. The molecule has 69 heavy (non-hydrogen) atoms. The molecular formula is C46H43F4N7O8S4. The molecule has 2 saturated heterocycles. The van der Waals surface area contributed by atoms with Gasteiger partial charge >= 0.3 is 0 Å². The van der Waals surface area contributed by atoms with Gasteiger partial charge in [-0.3, -0.25) is 0 Å². The molecule has 2 fully saturated rings. The van der Waals surface area contributed by atoms with Crippen molar-refractivity contribution < 1.29 is 53.3 Å². The fourth-order valence-corrected chi connectivity index (χ4v) is 11.6. The Kier molecular flexibility index (Phi) is 14.6. The van der Waals surface area contributed by atoms with E-state index in [1.165, 1.54) is 26.9 Å². The molecule has 0 N–H and O–H groups in total. The van der Waals surface area contributed by atoms with Gasteiger partial charge in [-0.2, -0.15) is 8.75 Å². The number of hydrogen-bond donors (Lipinski definition) is 0. The highest BCUT2D eigenvalue weighted by Gasteiger charge is 2.33. The van der Waals surface area contributed by atoms with Gasteiger partial charge in [0.1, 0.15) is 67.8 Å². The quantitative estimate of drug-likeness (QED) is 0.0840. The van der Waals surface area contributed by atoms with Crippen LogP contribution in [0.25, 0.3) is 0 Å². The van der Waals surface area contributed by atoms with Crippen LogP contribution in [-0.2, 0) is 32.2 Å². The largest absolute Gasteiger partial charge is 0.497 e. The molecule has 0 spiro atoms. The van der Waals surface area contributed by atoms with E-state index >= 15 is 8.78 Å². The number of methoxy groups -OCH3 is 2. The van der Waals surface area contributed by atoms with Gasteiger partial charge in [-0.15, -0.1) is 0 Å². The van der Waals surface area contributed by atoms with Gasteiger partial charge in [-0.05, 0) is 91.8 Å². The summed E-state index contributed by atoms with van der Waals surface area (Å²) in [6, 6.07) is 18.5. The Morgan fingerprint density at radius 3 is 1.65 bits per heavy atom. The Morgan fingerprint density at radius 2 is 1.16 bits per heavy atom. The Bertz CT molecular complexity index is 3200. The molecule has 7 aromatic rings. The summed E-state index contributed by atoms with van der Waals surface area (Å²) in [6.45, 7) is 7.17. The zero-order chi connectivity index (χ0) is 49.0. The van der Waals surface area contributed by atoms with Crippen LogP contribution in [0.2, 0.25) is 0 Å². The number of sulfonamides is 1. The lowest BCUT2D eigenvalue weighted by molar-refractivity contribution is 0.391. The predicted octanol–water partition coefficient (Wildman–Crippen LogP) is 9.64. The minimum atomic E-state index is -4.65. The number of benzene rings is 5. The maximum absolute atomic E-state index is 15.4. The first-order valence-corrected chi connectivity index (χ1v) is 25.7. The second-order valence-corrected chi connectivity index (χ2v) is 21.2. The summed E-state index contributed by atoms with van der Waals surface area (Å²) in [6.07, 6.45) is 4.58. The van der Waals surface area contributed by atoms with E-state index in [9.17, 15) is 25.6 Å². The minimum Gasteiger partial charge on any atom is -0.497 e. The van der Waals surface area contributed by atoms with E-state index in [1.807, 2.05) is 26.0 Å². The number of anilines is 3. The SMILES string of the molecule is COc1ccc(CN(c2ncns2)S(=O)(=O)c2cc(F)c(Oc3cc(C)cc(N4CCC4)c3)cc2F)c(OC)c1.Cc1cc(Oc2cc(F)c(S(=O)(=O)Cc3ncns3)cc2F)cc(N2CCC2)c1. The smallest absolute Gasteiger partial charge is 0.269 e. The van der Waals surface area contributed by atoms with Crippen molar-refractivity contribution in [3.05, 3.63) is 136 Å². The third-order valence-electron chi connectivity index (χ3n) is 10.9. The van der Waals surface area contributed by atoms with Crippen molar-refractivity contribution >= 4 is 59.4 Å². The molecule has 9 rings (SSSR count). The number of rotatable bonds is 16. The summed E-state index contributed by atoms with van der Waals surface area (Å²) in [7, 11) is -5.85. The molecule has 0 bridgehead atoms. The molecule has 15 nitrogen and oxygen atoms in total. The summed E-state index contributed by atoms with van der Waals surface area (Å²) >= 11 is 1.68. The fraction of sp³-hybridized carbons (Fsp3) is 0.261. The van der Waals surface area contributed by atoms with Crippen LogP contribution in [-0.4, -0.2) is 75.9 Å². The molecule has 0 unspecified atom stereocenters. The molecule has 2 aliphatic heterocycles. The summed E-state index contributed by atoms with van der Waals surface area (Å²) in [5.74, 6) is -4.10. The summed E-state index contributed by atoms with van der Waals surface area (Å²) in [4.78, 5) is 10.5. The molecule has 0 atom stereocenters. The van der Waals surface area contributed by atoms with Gasteiger partial charge in [0.25, 0.3) is 10.0 Å². The number of hydrogen-bond acceptors (Lipinski definition) is 16. The van der Waals surface area contributed by atoms with Crippen LogP contribution in [0.4, 0.5) is 34.1 Å². The highest BCUT2D eigenvalue weighted by atomic mass is 32.2. The monoisotopic (exact) mass is 1030 g/mol. The van der Waals surface area contributed by atoms with Crippen molar-refractivity contribution in [3.8, 4) is 34.5 Å². The molecule has 362 valence electrons. The molecule has 0 saturated carbocycles. The number of halogens is 4. The van der Waals surface area contributed by atoms with E-state index in [0.29, 0.717) is 40.7 Å². The first-order chi connectivity index (χ1) is 33.0. The molecule has 0 radical (unpaired) electrons. The van der Waals surface area contributed by atoms with Crippen molar-refractivity contribution in [2.75, 3.05) is 54.5 Å². The van der Waals surface area contributed by atoms with E-state index in [4.69, 9.17) is 18.9 Å². The summed E-state index contributed by atoms with van der Waals surface area (Å²) in [5.41, 5.74) is 4.12. The van der Waals surface area contributed by atoms with Gasteiger partial charge < -0.3 is 28.7 Å². The van der Waals surface area contributed by atoms with E-state index in [1.54, 1.807) is 42.5 Å². The van der Waals surface area contributed by atoms with Crippen LogP contribution < -0.4 is 33.1 Å². The second-order valence-electron chi connectivity index (χ2n) is 15.8. The van der Waals surface area contributed by atoms with E-state index in [0.717, 1.165) is 101 Å². The van der Waals surface area contributed by atoms with Crippen molar-refractivity contribution in [2.24, 2.45) is 0 Å². The second kappa shape index (κ2) is 20.6. The number of sulfone groups is 1. The number of aryl methyl sites for hydroxylation is 2. The third-order valence-corrected chi connectivity index (χ3v) is 16.0. The lowest BCUT2D eigenvalue weighted by Crippen LogP contribution is -2.36. The molecule has 0 amide bonds. The Hall–Kier alpha value is -6.56. The van der Waals surface area contributed by atoms with Gasteiger partial charge in [0.05, 0.1) is 20.8 Å². The Balaban J connectivity index is 0.000000196. The van der Waals surface area contributed by atoms with Gasteiger partial charge in [-0.25, -0.2) is 48.7 Å². The summed E-state index contributed by atoms with van der Waals surface area (Å²) in [5, 5.41) is 0.166. The number of nitrogens with zero attached hydrogens (tertiary/aromatic N) is 7. The maximum atomic E-state index is 15.4. The molecule has 2 aliphatic rings. The molecule has 2 aromatic heterocycles. The zero-order valence-electron chi connectivity index (χ0n) is 37.4. The van der Waals surface area contributed by atoms with E-state index < -0.39 is 64.4 Å². The minimum absolute atomic E-state index is 0.0312. The standard InChI is InChI=1S/C27H26F2N4O5S2.C19H17F2N3O3S2/c1-17-9-19(32-7-4-8-32)11-21(10-17)38-25-13-23(29)26(14-22(25)28)40(34,35)33(27-30-16-31-39-27)15-18-5-6-20(36-2)12-24(18)37-3;1-12-5-13(24-3-2-4-24)7-14(6-12)27-17-8-16(21)18(9-15(17)20)29(25,26)10-19-22-11-23-28-19/h5-6,9-14,16H,4,7-8,15H2,1-3H3;5-9,11H,2-4,10H2,1H3. The predicted molar refractivity (Wildman–Crippen MR) is 253 cm³/mol. The third kappa shape index (κ3) is 11.2. The molecule has 5 aromatic carbocycles. The first-order valence-electron chi connectivity index (χ1n) is 21.1. The zero-order valence-corrected chi connectivity index (χ0v) is 40.6. The topological polar surface area (TPSA) is 166 Å². The molecule has 23 heteroatoms. The Labute approximate surface area is 403 Å². The van der Waals surface area contributed by atoms with Crippen molar-refractivity contribution in [1.29, 1.82) is 0 Å². The van der Waals surface area contributed by atoms with Crippen LogP contribution in [0, 0.1) is 37.1 Å². The van der Waals surface area contributed by atoms with Gasteiger partial charge in [0.2, 0.25) is 5.13 Å². The molecular weight excluding hydrogens is 983 g/mol. The van der Waals surface area contributed by atoms with Crippen LogP contribution >= 0.6 is 23.1 Å². The van der Waals surface area contributed by atoms with Gasteiger partial charge in [-0.1, -0.05) is 0 Å². The lowest BCUT2D eigenvalue weighted by Gasteiger charge is -2.33. The van der Waals surface area contributed by atoms with Crippen molar-refractivity contribution in [1.82, 2.24) is 18.7 Å². The average molecular weight is 1030 g/mol. The molecule has 4 heterocycles. The fourth-order valence-electron chi connectivity index (χ4n) is 7.24. The van der Waals surface area contributed by atoms with Gasteiger partial charge in [0, 0.05) is 91.0 Å². The van der Waals surface area contributed by atoms with Crippen LogP contribution in [0.5, 0.6) is 34.5 Å². The van der Waals surface area contributed by atoms with Crippen LogP contribution in [0.3, 0.4) is 0 Å². The average Bonchev–Trinajstić information content (AvgIpc) is 3.99. The number of ether oxygens (including phenoxy) is 4. The lowest BCUT2D eigenvalue weighted by atomic mass is 10.1. The highest BCUT2D eigenvalue weighted by Crippen LogP contribution is 2.37. The van der Waals surface area contributed by atoms with Crippen LogP contribution in [0.15, 0.2) is 101 Å². The van der Waals surface area contributed by atoms with Crippen LogP contribution in [0.1, 0.15) is 34.5 Å². The summed E-state index contributed by atoms with van der Waals surface area (Å²) < 4.78 is 142. The van der Waals surface area contributed by atoms with E-state index in [-0.39, 0.29) is 22.4 Å². The number of aromatic nitrogens is 4. The van der Waals surface area contributed by atoms with E-state index in [2.05, 4.69) is 28.5 Å².